The number of carbonyl (C=O) groups excluding carboxylic acids is 1. The summed E-state index contributed by atoms with van der Waals surface area (Å²) in [6.45, 7) is 1.73. The first-order valence-corrected chi connectivity index (χ1v) is 9.41. The number of rotatable bonds is 4. The minimum atomic E-state index is -0.307. The van der Waals surface area contributed by atoms with Gasteiger partial charge in [-0.3, -0.25) is 9.59 Å². The van der Waals surface area contributed by atoms with E-state index in [1.807, 2.05) is 30.3 Å². The quantitative estimate of drug-likeness (QED) is 0.506. The first kappa shape index (κ1) is 19.4. The smallest absolute Gasteiger partial charge is 0.261 e. The molecule has 0 unspecified atom stereocenters. The highest BCUT2D eigenvalue weighted by Crippen LogP contribution is 2.28. The summed E-state index contributed by atoms with van der Waals surface area (Å²) in [5.41, 5.74) is 2.30. The van der Waals surface area contributed by atoms with Crippen molar-refractivity contribution in [3.05, 3.63) is 88.2 Å². The van der Waals surface area contributed by atoms with E-state index in [0.717, 1.165) is 5.56 Å². The van der Waals surface area contributed by atoms with Crippen LogP contribution in [0.3, 0.4) is 0 Å². The van der Waals surface area contributed by atoms with Crippen molar-refractivity contribution in [2.24, 2.45) is 0 Å². The van der Waals surface area contributed by atoms with E-state index < -0.39 is 0 Å². The van der Waals surface area contributed by atoms with Gasteiger partial charge in [0.25, 0.3) is 5.91 Å². The topological polar surface area (TPSA) is 72.6 Å². The van der Waals surface area contributed by atoms with Crippen LogP contribution in [0.2, 0.25) is 0 Å². The van der Waals surface area contributed by atoms with E-state index in [9.17, 15) is 9.59 Å². The minimum Gasteiger partial charge on any atom is -0.481 e. The molecule has 2 heterocycles. The van der Waals surface area contributed by atoms with E-state index in [1.54, 1.807) is 50.5 Å². The number of aromatic nitrogens is 1. The van der Waals surface area contributed by atoms with Crippen LogP contribution in [0.25, 0.3) is 22.3 Å². The van der Waals surface area contributed by atoms with Crippen LogP contribution in [-0.4, -0.2) is 25.0 Å². The third kappa shape index (κ3) is 3.33. The number of anilines is 1. The third-order valence-corrected chi connectivity index (χ3v) is 5.03. The van der Waals surface area contributed by atoms with Crippen molar-refractivity contribution in [3.63, 3.8) is 0 Å². The number of pyridine rings is 1. The van der Waals surface area contributed by atoms with Gasteiger partial charge in [-0.15, -0.1) is 0 Å². The maximum Gasteiger partial charge on any atom is 0.261 e. The number of methoxy groups -OCH3 is 1. The van der Waals surface area contributed by atoms with Crippen molar-refractivity contribution in [2.75, 3.05) is 19.1 Å². The van der Waals surface area contributed by atoms with Gasteiger partial charge in [-0.25, -0.2) is 4.98 Å². The lowest BCUT2D eigenvalue weighted by atomic mass is 10.0. The average Bonchev–Trinajstić information content (AvgIpc) is 2.80. The van der Waals surface area contributed by atoms with Crippen molar-refractivity contribution in [2.45, 2.75) is 6.92 Å². The lowest BCUT2D eigenvalue weighted by molar-refractivity contribution is 0.0993. The molecular formula is C24H20N2O4. The van der Waals surface area contributed by atoms with Crippen molar-refractivity contribution in [1.29, 1.82) is 0 Å². The van der Waals surface area contributed by atoms with E-state index in [1.165, 1.54) is 12.0 Å². The SMILES string of the molecule is COc1ccc(N(C)C(=O)c2cccc3c(=O)c(C)c(-c4ccccc4)oc23)cn1. The average molecular weight is 400 g/mol. The van der Waals surface area contributed by atoms with Crippen LogP contribution in [0.1, 0.15) is 15.9 Å². The normalized spacial score (nSPS) is 10.8. The Morgan fingerprint density at radius 2 is 1.80 bits per heavy atom. The molecule has 2 aromatic carbocycles. The fourth-order valence-electron chi connectivity index (χ4n) is 3.33. The second-order valence-corrected chi connectivity index (χ2v) is 6.86. The Labute approximate surface area is 173 Å². The number of amides is 1. The molecular weight excluding hydrogens is 380 g/mol. The number of nitrogens with zero attached hydrogens (tertiary/aromatic N) is 2. The van der Waals surface area contributed by atoms with Crippen LogP contribution >= 0.6 is 0 Å². The summed E-state index contributed by atoms with van der Waals surface area (Å²) in [7, 11) is 3.18. The zero-order chi connectivity index (χ0) is 21.3. The van der Waals surface area contributed by atoms with Gasteiger partial charge >= 0.3 is 0 Å². The Kier molecular flexibility index (Phi) is 5.06. The molecule has 0 aliphatic heterocycles. The summed E-state index contributed by atoms with van der Waals surface area (Å²) in [5, 5.41) is 0.374. The largest absolute Gasteiger partial charge is 0.481 e. The summed E-state index contributed by atoms with van der Waals surface area (Å²) in [6.07, 6.45) is 1.55. The summed E-state index contributed by atoms with van der Waals surface area (Å²) in [4.78, 5) is 31.9. The van der Waals surface area contributed by atoms with Gasteiger partial charge in [0.1, 0.15) is 5.76 Å². The van der Waals surface area contributed by atoms with Crippen molar-refractivity contribution in [1.82, 2.24) is 4.98 Å². The molecule has 0 radical (unpaired) electrons. The van der Waals surface area contributed by atoms with E-state index >= 15 is 0 Å². The molecule has 0 fully saturated rings. The zero-order valence-electron chi connectivity index (χ0n) is 16.9. The predicted octanol–water partition coefficient (Wildman–Crippen LogP) is 4.45. The summed E-state index contributed by atoms with van der Waals surface area (Å²) in [5.74, 6) is 0.611. The molecule has 0 aliphatic carbocycles. The molecule has 0 saturated heterocycles. The predicted molar refractivity (Wildman–Crippen MR) is 116 cm³/mol. The number of carbonyl (C=O) groups is 1. The third-order valence-electron chi connectivity index (χ3n) is 5.03. The van der Waals surface area contributed by atoms with Crippen LogP contribution < -0.4 is 15.1 Å². The van der Waals surface area contributed by atoms with E-state index in [-0.39, 0.29) is 16.9 Å². The Morgan fingerprint density at radius 1 is 1.03 bits per heavy atom. The van der Waals surface area contributed by atoms with E-state index in [2.05, 4.69) is 4.98 Å². The molecule has 4 aromatic rings. The second-order valence-electron chi connectivity index (χ2n) is 6.86. The molecule has 0 saturated carbocycles. The summed E-state index contributed by atoms with van der Waals surface area (Å²) in [6, 6.07) is 17.8. The molecule has 0 atom stereocenters. The van der Waals surface area contributed by atoms with Crippen LogP contribution in [-0.2, 0) is 0 Å². The first-order valence-electron chi connectivity index (χ1n) is 9.41. The molecule has 2 aromatic heterocycles. The lowest BCUT2D eigenvalue weighted by Gasteiger charge is -2.18. The summed E-state index contributed by atoms with van der Waals surface area (Å²) < 4.78 is 11.2. The molecule has 1 amide bonds. The highest BCUT2D eigenvalue weighted by Gasteiger charge is 2.21. The fourth-order valence-corrected chi connectivity index (χ4v) is 3.33. The van der Waals surface area contributed by atoms with Crippen LogP contribution in [0.5, 0.6) is 5.88 Å². The standard InChI is InChI=1S/C24H20N2O4/c1-15-21(27)18-10-7-11-19(23(18)30-22(15)16-8-5-4-6-9-16)24(28)26(2)17-12-13-20(29-3)25-14-17/h4-14H,1-3H3. The Bertz CT molecular complexity index is 1280. The van der Waals surface area contributed by atoms with Gasteiger partial charge in [-0.2, -0.15) is 0 Å². The molecule has 30 heavy (non-hydrogen) atoms. The Morgan fingerprint density at radius 3 is 2.47 bits per heavy atom. The Hall–Kier alpha value is -3.93. The van der Waals surface area contributed by atoms with Crippen molar-refractivity contribution < 1.29 is 13.9 Å². The number of para-hydroxylation sites is 1. The van der Waals surface area contributed by atoms with Crippen molar-refractivity contribution >= 4 is 22.6 Å². The number of fused-ring (bicyclic) bond motifs is 1. The maximum absolute atomic E-state index is 13.3. The molecule has 0 N–H and O–H groups in total. The van der Waals surface area contributed by atoms with Gasteiger partial charge < -0.3 is 14.1 Å². The van der Waals surface area contributed by atoms with Gasteiger partial charge in [-0.1, -0.05) is 36.4 Å². The van der Waals surface area contributed by atoms with Gasteiger partial charge in [0.2, 0.25) is 5.88 Å². The zero-order valence-corrected chi connectivity index (χ0v) is 16.9. The molecule has 4 rings (SSSR count). The first-order chi connectivity index (χ1) is 14.5. The Balaban J connectivity index is 1.85. The number of ether oxygens (including phenoxy) is 1. The van der Waals surface area contributed by atoms with Crippen LogP contribution in [0, 0.1) is 6.92 Å². The van der Waals surface area contributed by atoms with Crippen LogP contribution in [0.4, 0.5) is 5.69 Å². The molecule has 150 valence electrons. The van der Waals surface area contributed by atoms with Gasteiger partial charge in [-0.05, 0) is 25.1 Å². The van der Waals surface area contributed by atoms with E-state index in [4.69, 9.17) is 9.15 Å². The van der Waals surface area contributed by atoms with Gasteiger partial charge in [0.15, 0.2) is 11.0 Å². The molecule has 6 nitrogen and oxygen atoms in total. The lowest BCUT2D eigenvalue weighted by Crippen LogP contribution is -2.27. The number of hydrogen-bond donors (Lipinski definition) is 0. The number of benzene rings is 2. The van der Waals surface area contributed by atoms with E-state index in [0.29, 0.717) is 33.8 Å². The number of hydrogen-bond acceptors (Lipinski definition) is 5. The summed E-state index contributed by atoms with van der Waals surface area (Å²) >= 11 is 0. The highest BCUT2D eigenvalue weighted by atomic mass is 16.5. The molecule has 6 heteroatoms. The van der Waals surface area contributed by atoms with Gasteiger partial charge in [0, 0.05) is 24.2 Å². The second kappa shape index (κ2) is 7.83. The molecule has 0 bridgehead atoms. The highest BCUT2D eigenvalue weighted by molar-refractivity contribution is 6.12. The van der Waals surface area contributed by atoms with Gasteiger partial charge in [0.05, 0.1) is 29.9 Å². The van der Waals surface area contributed by atoms with Crippen LogP contribution in [0.15, 0.2) is 76.1 Å². The van der Waals surface area contributed by atoms with Crippen molar-refractivity contribution in [3.8, 4) is 17.2 Å². The maximum atomic E-state index is 13.3. The fraction of sp³-hybridized carbons (Fsp3) is 0.125. The molecule has 0 spiro atoms. The minimum absolute atomic E-state index is 0.154. The molecule has 0 aliphatic rings. The monoisotopic (exact) mass is 400 g/mol.